The van der Waals surface area contributed by atoms with Crippen LogP contribution in [0.25, 0.3) is 0 Å². The van der Waals surface area contributed by atoms with Gasteiger partial charge in [-0.2, -0.15) is 0 Å². The molecule has 5 heteroatoms. The van der Waals surface area contributed by atoms with E-state index in [1.54, 1.807) is 29.2 Å². The van der Waals surface area contributed by atoms with E-state index in [0.29, 0.717) is 19.6 Å². The van der Waals surface area contributed by atoms with Crippen molar-refractivity contribution in [3.05, 3.63) is 29.8 Å². The van der Waals surface area contributed by atoms with Gasteiger partial charge < -0.3 is 14.7 Å². The first-order valence-corrected chi connectivity index (χ1v) is 6.34. The Morgan fingerprint density at radius 2 is 2.11 bits per heavy atom. The van der Waals surface area contributed by atoms with Gasteiger partial charge >= 0.3 is 5.97 Å². The monoisotopic (exact) mass is 263 g/mol. The zero-order chi connectivity index (χ0) is 13.8. The van der Waals surface area contributed by atoms with Gasteiger partial charge in [0, 0.05) is 12.2 Å². The van der Waals surface area contributed by atoms with Crippen LogP contribution >= 0.6 is 0 Å². The molecule has 0 radical (unpaired) electrons. The summed E-state index contributed by atoms with van der Waals surface area (Å²) >= 11 is 0. The first-order chi connectivity index (χ1) is 9.13. The van der Waals surface area contributed by atoms with E-state index < -0.39 is 11.9 Å². The molecule has 1 amide bonds. The van der Waals surface area contributed by atoms with E-state index in [4.69, 9.17) is 9.84 Å². The van der Waals surface area contributed by atoms with Gasteiger partial charge in [0.05, 0.1) is 12.5 Å². The lowest BCUT2D eigenvalue weighted by atomic mass is 9.96. The molecule has 0 aliphatic carbocycles. The van der Waals surface area contributed by atoms with Gasteiger partial charge in [-0.1, -0.05) is 19.1 Å². The highest BCUT2D eigenvalue weighted by molar-refractivity contribution is 5.94. The molecule has 0 saturated carbocycles. The molecular weight excluding hydrogens is 246 g/mol. The molecule has 19 heavy (non-hydrogen) atoms. The van der Waals surface area contributed by atoms with Crippen molar-refractivity contribution in [3.8, 4) is 0 Å². The molecule has 0 aromatic heterocycles. The van der Waals surface area contributed by atoms with Crippen molar-refractivity contribution in [1.82, 2.24) is 0 Å². The standard InChI is InChI=1S/C14H17NO4/c1-2-12(14(17)18)10-3-5-11(6-4-10)15-7-8-19-9-13(15)16/h3-6,12H,2,7-9H2,1H3,(H,17,18). The summed E-state index contributed by atoms with van der Waals surface area (Å²) in [7, 11) is 0. The van der Waals surface area contributed by atoms with Crippen LogP contribution in [0.2, 0.25) is 0 Å². The van der Waals surface area contributed by atoms with Gasteiger partial charge in [-0.05, 0) is 24.1 Å². The number of anilines is 1. The third-order valence-corrected chi connectivity index (χ3v) is 3.30. The Morgan fingerprint density at radius 3 is 2.63 bits per heavy atom. The van der Waals surface area contributed by atoms with Gasteiger partial charge in [-0.25, -0.2) is 0 Å². The first-order valence-electron chi connectivity index (χ1n) is 6.34. The van der Waals surface area contributed by atoms with Gasteiger partial charge in [0.15, 0.2) is 0 Å². The fraction of sp³-hybridized carbons (Fsp3) is 0.429. The zero-order valence-electron chi connectivity index (χ0n) is 10.8. The minimum atomic E-state index is -0.822. The average molecular weight is 263 g/mol. The van der Waals surface area contributed by atoms with Crippen molar-refractivity contribution in [2.75, 3.05) is 24.7 Å². The van der Waals surface area contributed by atoms with Crippen LogP contribution in [0.4, 0.5) is 5.69 Å². The van der Waals surface area contributed by atoms with Crippen molar-refractivity contribution in [2.45, 2.75) is 19.3 Å². The van der Waals surface area contributed by atoms with E-state index in [2.05, 4.69) is 0 Å². The molecule has 1 heterocycles. The molecule has 1 unspecified atom stereocenters. The quantitative estimate of drug-likeness (QED) is 0.896. The molecule has 1 saturated heterocycles. The van der Waals surface area contributed by atoms with Crippen LogP contribution in [0, 0.1) is 0 Å². The lowest BCUT2D eigenvalue weighted by molar-refractivity contribution is -0.138. The third kappa shape index (κ3) is 2.93. The van der Waals surface area contributed by atoms with E-state index in [1.165, 1.54) is 0 Å². The van der Waals surface area contributed by atoms with E-state index >= 15 is 0 Å². The molecule has 1 fully saturated rings. The second-order valence-corrected chi connectivity index (χ2v) is 4.49. The van der Waals surface area contributed by atoms with Crippen LogP contribution in [0.5, 0.6) is 0 Å². The van der Waals surface area contributed by atoms with Crippen LogP contribution in [0.3, 0.4) is 0 Å². The highest BCUT2D eigenvalue weighted by Gasteiger charge is 2.21. The molecule has 0 spiro atoms. The molecule has 102 valence electrons. The summed E-state index contributed by atoms with van der Waals surface area (Å²) in [6.45, 7) is 3.02. The fourth-order valence-corrected chi connectivity index (χ4v) is 2.23. The van der Waals surface area contributed by atoms with Crippen LogP contribution < -0.4 is 4.90 Å². The smallest absolute Gasteiger partial charge is 0.310 e. The SMILES string of the molecule is CCC(C(=O)O)c1ccc(N2CCOCC2=O)cc1. The Labute approximate surface area is 111 Å². The van der Waals surface area contributed by atoms with E-state index in [0.717, 1.165) is 11.3 Å². The van der Waals surface area contributed by atoms with Crippen LogP contribution in [0.15, 0.2) is 24.3 Å². The van der Waals surface area contributed by atoms with Crippen molar-refractivity contribution >= 4 is 17.6 Å². The number of carboxylic acids is 1. The highest BCUT2D eigenvalue weighted by atomic mass is 16.5. The molecule has 1 aromatic rings. The first kappa shape index (κ1) is 13.5. The number of carbonyl (C=O) groups is 2. The maximum Gasteiger partial charge on any atom is 0.310 e. The minimum Gasteiger partial charge on any atom is -0.481 e. The number of carboxylic acid groups (broad SMARTS) is 1. The Kier molecular flexibility index (Phi) is 4.16. The molecule has 2 rings (SSSR count). The molecule has 5 nitrogen and oxygen atoms in total. The fourth-order valence-electron chi connectivity index (χ4n) is 2.23. The van der Waals surface area contributed by atoms with Crippen molar-refractivity contribution in [3.63, 3.8) is 0 Å². The van der Waals surface area contributed by atoms with Gasteiger partial charge in [0.1, 0.15) is 6.61 Å². The Bertz CT molecular complexity index is 469. The van der Waals surface area contributed by atoms with E-state index in [-0.39, 0.29) is 12.5 Å². The summed E-state index contributed by atoms with van der Waals surface area (Å²) in [4.78, 5) is 24.4. The summed E-state index contributed by atoms with van der Waals surface area (Å²) in [5.41, 5.74) is 1.55. The van der Waals surface area contributed by atoms with Gasteiger partial charge in [-0.15, -0.1) is 0 Å². The van der Waals surface area contributed by atoms with Crippen molar-refractivity contribution in [2.24, 2.45) is 0 Å². The highest BCUT2D eigenvalue weighted by Crippen LogP contribution is 2.24. The van der Waals surface area contributed by atoms with Gasteiger partial charge in [0.2, 0.25) is 0 Å². The number of benzene rings is 1. The number of ether oxygens (including phenoxy) is 1. The zero-order valence-corrected chi connectivity index (χ0v) is 10.8. The molecule has 0 bridgehead atoms. The Balaban J connectivity index is 2.18. The lowest BCUT2D eigenvalue weighted by Crippen LogP contribution is -2.41. The number of aliphatic carboxylic acids is 1. The predicted octanol–water partition coefficient (Wildman–Crippen LogP) is 1.63. The number of rotatable bonds is 4. The largest absolute Gasteiger partial charge is 0.481 e. The molecule has 1 aromatic carbocycles. The number of hydrogen-bond donors (Lipinski definition) is 1. The summed E-state index contributed by atoms with van der Waals surface area (Å²) in [5, 5.41) is 9.11. The van der Waals surface area contributed by atoms with Crippen LogP contribution in [-0.4, -0.2) is 36.7 Å². The average Bonchev–Trinajstić information content (AvgIpc) is 2.41. The van der Waals surface area contributed by atoms with Crippen LogP contribution in [-0.2, 0) is 14.3 Å². The molecule has 1 aliphatic rings. The minimum absolute atomic E-state index is 0.0655. The number of morpholine rings is 1. The second-order valence-electron chi connectivity index (χ2n) is 4.49. The predicted molar refractivity (Wildman–Crippen MR) is 70.3 cm³/mol. The summed E-state index contributed by atoms with van der Waals surface area (Å²) in [5.74, 6) is -1.38. The number of nitrogens with zero attached hydrogens (tertiary/aromatic N) is 1. The summed E-state index contributed by atoms with van der Waals surface area (Å²) in [6, 6.07) is 7.15. The van der Waals surface area contributed by atoms with Crippen LogP contribution in [0.1, 0.15) is 24.8 Å². The number of hydrogen-bond acceptors (Lipinski definition) is 3. The van der Waals surface area contributed by atoms with E-state index in [9.17, 15) is 9.59 Å². The molecule has 1 aliphatic heterocycles. The second kappa shape index (κ2) is 5.84. The third-order valence-electron chi connectivity index (χ3n) is 3.30. The van der Waals surface area contributed by atoms with Gasteiger partial charge in [-0.3, -0.25) is 9.59 Å². The van der Waals surface area contributed by atoms with Crippen molar-refractivity contribution in [1.29, 1.82) is 0 Å². The Hall–Kier alpha value is -1.88. The molecule has 1 atom stereocenters. The molecule has 1 N–H and O–H groups in total. The maximum atomic E-state index is 11.7. The summed E-state index contributed by atoms with van der Waals surface area (Å²) in [6.07, 6.45) is 0.547. The van der Waals surface area contributed by atoms with E-state index in [1.807, 2.05) is 6.92 Å². The Morgan fingerprint density at radius 1 is 1.42 bits per heavy atom. The van der Waals surface area contributed by atoms with Gasteiger partial charge in [0.25, 0.3) is 5.91 Å². The topological polar surface area (TPSA) is 66.8 Å². The normalized spacial score (nSPS) is 17.3. The maximum absolute atomic E-state index is 11.7. The van der Waals surface area contributed by atoms with Crippen molar-refractivity contribution < 1.29 is 19.4 Å². The number of carbonyl (C=O) groups excluding carboxylic acids is 1. The lowest BCUT2D eigenvalue weighted by Gasteiger charge is -2.27. The molecular formula is C14H17NO4. The number of amides is 1. The summed E-state index contributed by atoms with van der Waals surface area (Å²) < 4.78 is 5.08.